The molecule has 3 nitrogen and oxygen atoms in total. The third-order valence-corrected chi connectivity index (χ3v) is 3.70. The van der Waals surface area contributed by atoms with Crippen molar-refractivity contribution in [3.8, 4) is 5.75 Å². The smallest absolute Gasteiger partial charge is 0.262 e. The van der Waals surface area contributed by atoms with Gasteiger partial charge in [-0.2, -0.15) is 0 Å². The summed E-state index contributed by atoms with van der Waals surface area (Å²) >= 11 is 11.9. The molecule has 0 heterocycles. The predicted molar refractivity (Wildman–Crippen MR) is 86.4 cm³/mol. The second-order valence-electron chi connectivity index (χ2n) is 4.44. The first-order valence-electron chi connectivity index (χ1n) is 6.55. The van der Waals surface area contributed by atoms with Crippen LogP contribution in [0, 0.1) is 0 Å². The summed E-state index contributed by atoms with van der Waals surface area (Å²) in [6, 6.07) is 12.7. The topological polar surface area (TPSA) is 38.3 Å². The van der Waals surface area contributed by atoms with Crippen LogP contribution in [-0.4, -0.2) is 12.5 Å². The van der Waals surface area contributed by atoms with E-state index in [9.17, 15) is 4.79 Å². The average molecular weight is 324 g/mol. The third-order valence-electron chi connectivity index (χ3n) is 2.89. The summed E-state index contributed by atoms with van der Waals surface area (Å²) in [5.41, 5.74) is 1.91. The zero-order chi connectivity index (χ0) is 15.2. The summed E-state index contributed by atoms with van der Waals surface area (Å²) in [6.07, 6.45) is 0.915. The van der Waals surface area contributed by atoms with Gasteiger partial charge in [-0.15, -0.1) is 0 Å². The molecule has 0 unspecified atom stereocenters. The molecular weight excluding hydrogens is 309 g/mol. The Hall–Kier alpha value is -1.71. The van der Waals surface area contributed by atoms with Crippen molar-refractivity contribution < 1.29 is 9.53 Å². The number of halogens is 2. The Morgan fingerprint density at radius 3 is 2.71 bits per heavy atom. The van der Waals surface area contributed by atoms with Crippen LogP contribution in [0.4, 0.5) is 5.69 Å². The fourth-order valence-corrected chi connectivity index (χ4v) is 2.15. The van der Waals surface area contributed by atoms with E-state index in [2.05, 4.69) is 12.2 Å². The summed E-state index contributed by atoms with van der Waals surface area (Å²) in [6.45, 7) is 1.93. The van der Waals surface area contributed by atoms with Crippen molar-refractivity contribution in [3.63, 3.8) is 0 Å². The van der Waals surface area contributed by atoms with Crippen LogP contribution in [0.5, 0.6) is 5.75 Å². The van der Waals surface area contributed by atoms with Gasteiger partial charge in [0.1, 0.15) is 10.8 Å². The van der Waals surface area contributed by atoms with Crippen LogP contribution in [-0.2, 0) is 11.2 Å². The van der Waals surface area contributed by atoms with Crippen LogP contribution in [0.15, 0.2) is 42.5 Å². The van der Waals surface area contributed by atoms with E-state index in [1.807, 2.05) is 24.3 Å². The van der Waals surface area contributed by atoms with E-state index >= 15 is 0 Å². The van der Waals surface area contributed by atoms with E-state index in [0.717, 1.165) is 17.7 Å². The van der Waals surface area contributed by atoms with Gasteiger partial charge in [-0.3, -0.25) is 4.79 Å². The number of carbonyl (C=O) groups excluding carboxylic acids is 1. The number of carbonyl (C=O) groups is 1. The molecule has 0 aromatic heterocycles. The molecule has 0 atom stereocenters. The van der Waals surface area contributed by atoms with Gasteiger partial charge >= 0.3 is 0 Å². The van der Waals surface area contributed by atoms with Gasteiger partial charge in [0.25, 0.3) is 5.91 Å². The van der Waals surface area contributed by atoms with Crippen molar-refractivity contribution in [1.82, 2.24) is 0 Å². The molecule has 21 heavy (non-hydrogen) atoms. The fourth-order valence-electron chi connectivity index (χ4n) is 1.80. The summed E-state index contributed by atoms with van der Waals surface area (Å²) in [7, 11) is 0. The number of benzene rings is 2. The molecule has 0 aliphatic rings. The summed E-state index contributed by atoms with van der Waals surface area (Å²) in [5, 5.41) is 3.48. The van der Waals surface area contributed by atoms with Crippen LogP contribution in [0.1, 0.15) is 12.5 Å². The summed E-state index contributed by atoms with van der Waals surface area (Å²) in [5.74, 6) is 0.140. The molecule has 1 amide bonds. The van der Waals surface area contributed by atoms with Crippen molar-refractivity contribution in [2.45, 2.75) is 13.3 Å². The number of anilines is 1. The lowest BCUT2D eigenvalue weighted by Crippen LogP contribution is -2.20. The molecule has 2 aromatic carbocycles. The SMILES string of the molecule is CCc1cccc(NC(=O)COc2cccc(Cl)c2Cl)c1. The highest BCUT2D eigenvalue weighted by molar-refractivity contribution is 6.42. The second-order valence-corrected chi connectivity index (χ2v) is 5.23. The second kappa shape index (κ2) is 7.34. The maximum Gasteiger partial charge on any atom is 0.262 e. The van der Waals surface area contributed by atoms with Crippen molar-refractivity contribution >= 4 is 34.8 Å². The highest BCUT2D eigenvalue weighted by Gasteiger charge is 2.08. The van der Waals surface area contributed by atoms with E-state index in [1.54, 1.807) is 18.2 Å². The van der Waals surface area contributed by atoms with Crippen molar-refractivity contribution in [2.75, 3.05) is 11.9 Å². The number of hydrogen-bond donors (Lipinski definition) is 1. The fraction of sp³-hybridized carbons (Fsp3) is 0.188. The monoisotopic (exact) mass is 323 g/mol. The minimum atomic E-state index is -0.251. The van der Waals surface area contributed by atoms with Gasteiger partial charge < -0.3 is 10.1 Å². The lowest BCUT2D eigenvalue weighted by atomic mass is 10.1. The van der Waals surface area contributed by atoms with E-state index in [0.29, 0.717) is 15.8 Å². The minimum absolute atomic E-state index is 0.129. The maximum absolute atomic E-state index is 11.9. The van der Waals surface area contributed by atoms with Crippen LogP contribution >= 0.6 is 23.2 Å². The maximum atomic E-state index is 11.9. The molecule has 5 heteroatoms. The molecule has 0 fully saturated rings. The van der Waals surface area contributed by atoms with Gasteiger partial charge in [-0.1, -0.05) is 48.3 Å². The normalized spacial score (nSPS) is 10.2. The van der Waals surface area contributed by atoms with Crippen molar-refractivity contribution in [1.29, 1.82) is 0 Å². The predicted octanol–water partition coefficient (Wildman–Crippen LogP) is 4.57. The molecule has 0 radical (unpaired) electrons. The number of ether oxygens (including phenoxy) is 1. The van der Waals surface area contributed by atoms with E-state index < -0.39 is 0 Å². The Labute approximate surface area is 133 Å². The first kappa shape index (κ1) is 15.7. The van der Waals surface area contributed by atoms with Crippen LogP contribution < -0.4 is 10.1 Å². The van der Waals surface area contributed by atoms with Gasteiger partial charge in [-0.25, -0.2) is 0 Å². The van der Waals surface area contributed by atoms with Gasteiger partial charge in [-0.05, 0) is 36.2 Å². The molecule has 0 saturated heterocycles. The Morgan fingerprint density at radius 1 is 1.19 bits per heavy atom. The van der Waals surface area contributed by atoms with Gasteiger partial charge in [0, 0.05) is 5.69 Å². The Kier molecular flexibility index (Phi) is 5.48. The molecule has 1 N–H and O–H groups in total. The first-order chi connectivity index (χ1) is 10.1. The Morgan fingerprint density at radius 2 is 1.95 bits per heavy atom. The molecule has 2 rings (SSSR count). The van der Waals surface area contributed by atoms with Crippen LogP contribution in [0.2, 0.25) is 10.0 Å². The standard InChI is InChI=1S/C16H15Cl2NO2/c1-2-11-5-3-6-12(9-11)19-15(20)10-21-14-8-4-7-13(17)16(14)18/h3-9H,2,10H2,1H3,(H,19,20). The molecule has 110 valence electrons. The highest BCUT2D eigenvalue weighted by Crippen LogP contribution is 2.31. The van der Waals surface area contributed by atoms with Gasteiger partial charge in [0.05, 0.1) is 5.02 Å². The molecule has 0 aliphatic carbocycles. The quantitative estimate of drug-likeness (QED) is 0.875. The van der Waals surface area contributed by atoms with E-state index in [1.165, 1.54) is 0 Å². The third kappa shape index (κ3) is 4.38. The van der Waals surface area contributed by atoms with E-state index in [4.69, 9.17) is 27.9 Å². The number of hydrogen-bond acceptors (Lipinski definition) is 2. The molecular formula is C16H15Cl2NO2. The molecule has 0 bridgehead atoms. The van der Waals surface area contributed by atoms with Crippen LogP contribution in [0.3, 0.4) is 0 Å². The Bertz CT molecular complexity index is 644. The largest absolute Gasteiger partial charge is 0.482 e. The molecule has 0 aliphatic heterocycles. The van der Waals surface area contributed by atoms with Gasteiger partial charge in [0.15, 0.2) is 6.61 Å². The highest BCUT2D eigenvalue weighted by atomic mass is 35.5. The zero-order valence-corrected chi connectivity index (χ0v) is 13.0. The van der Waals surface area contributed by atoms with E-state index in [-0.39, 0.29) is 12.5 Å². The molecule has 2 aromatic rings. The molecule has 0 saturated carbocycles. The van der Waals surface area contributed by atoms with Crippen molar-refractivity contribution in [3.05, 3.63) is 58.1 Å². The summed E-state index contributed by atoms with van der Waals surface area (Å²) in [4.78, 5) is 11.9. The number of aryl methyl sites for hydroxylation is 1. The lowest BCUT2D eigenvalue weighted by Gasteiger charge is -2.10. The number of amides is 1. The first-order valence-corrected chi connectivity index (χ1v) is 7.31. The average Bonchev–Trinajstić information content (AvgIpc) is 2.49. The minimum Gasteiger partial charge on any atom is -0.482 e. The van der Waals surface area contributed by atoms with Crippen LogP contribution in [0.25, 0.3) is 0 Å². The van der Waals surface area contributed by atoms with Gasteiger partial charge in [0.2, 0.25) is 0 Å². The summed E-state index contributed by atoms with van der Waals surface area (Å²) < 4.78 is 5.38. The number of rotatable bonds is 5. The lowest BCUT2D eigenvalue weighted by molar-refractivity contribution is -0.118. The zero-order valence-electron chi connectivity index (χ0n) is 11.5. The number of nitrogens with one attached hydrogen (secondary N) is 1. The van der Waals surface area contributed by atoms with Crippen molar-refractivity contribution in [2.24, 2.45) is 0 Å². The molecule has 0 spiro atoms. The Balaban J connectivity index is 1.94.